The van der Waals surface area contributed by atoms with Crippen molar-refractivity contribution in [1.29, 1.82) is 0 Å². The highest BCUT2D eigenvalue weighted by atomic mass is 32.1. The summed E-state index contributed by atoms with van der Waals surface area (Å²) >= 11 is 1.76. The Morgan fingerprint density at radius 1 is 1.31 bits per heavy atom. The Labute approximate surface area is 101 Å². The Kier molecular flexibility index (Phi) is 6.64. The third kappa shape index (κ3) is 5.07. The van der Waals surface area contributed by atoms with E-state index in [-0.39, 0.29) is 0 Å². The molecule has 1 heterocycles. The molecule has 0 amide bonds. The van der Waals surface area contributed by atoms with Crippen LogP contribution in [0, 0.1) is 0 Å². The summed E-state index contributed by atoms with van der Waals surface area (Å²) in [4.78, 5) is 2.59. The van der Waals surface area contributed by atoms with Crippen LogP contribution >= 0.6 is 11.3 Å². The minimum absolute atomic E-state index is 0.378. The predicted molar refractivity (Wildman–Crippen MR) is 66.1 cm³/mol. The second kappa shape index (κ2) is 7.79. The van der Waals surface area contributed by atoms with Gasteiger partial charge in [0, 0.05) is 23.3 Å². The number of aliphatic hydroxyl groups excluding tert-OH is 1. The SMILES string of the molecule is CCc1ccc(CC(O)COCCOC)s1. The van der Waals surface area contributed by atoms with Crippen LogP contribution < -0.4 is 0 Å². The fourth-order valence-electron chi connectivity index (χ4n) is 1.37. The van der Waals surface area contributed by atoms with Crippen LogP contribution in [-0.4, -0.2) is 38.1 Å². The van der Waals surface area contributed by atoms with Crippen molar-refractivity contribution in [2.24, 2.45) is 0 Å². The van der Waals surface area contributed by atoms with E-state index in [4.69, 9.17) is 9.47 Å². The fourth-order valence-corrected chi connectivity index (χ4v) is 2.40. The predicted octanol–water partition coefficient (Wildman–Crippen LogP) is 1.88. The van der Waals surface area contributed by atoms with Crippen LogP contribution in [-0.2, 0) is 22.3 Å². The summed E-state index contributed by atoms with van der Waals surface area (Å²) in [5.74, 6) is 0. The zero-order valence-corrected chi connectivity index (χ0v) is 10.8. The molecule has 1 unspecified atom stereocenters. The third-order valence-corrected chi connectivity index (χ3v) is 3.50. The molecular weight excluding hydrogens is 224 g/mol. The molecular formula is C12H20O3S. The van der Waals surface area contributed by atoms with E-state index in [9.17, 15) is 5.11 Å². The van der Waals surface area contributed by atoms with E-state index in [1.54, 1.807) is 18.4 Å². The average molecular weight is 244 g/mol. The molecule has 1 N–H and O–H groups in total. The fraction of sp³-hybridized carbons (Fsp3) is 0.667. The van der Waals surface area contributed by atoms with Crippen LogP contribution in [0.1, 0.15) is 16.7 Å². The van der Waals surface area contributed by atoms with Gasteiger partial charge in [-0.1, -0.05) is 6.92 Å². The zero-order valence-electron chi connectivity index (χ0n) is 9.94. The Morgan fingerprint density at radius 2 is 2.06 bits per heavy atom. The van der Waals surface area contributed by atoms with Gasteiger partial charge in [0.25, 0.3) is 0 Å². The van der Waals surface area contributed by atoms with E-state index in [2.05, 4.69) is 19.1 Å². The number of thiophene rings is 1. The number of hydrogen-bond acceptors (Lipinski definition) is 4. The van der Waals surface area contributed by atoms with Gasteiger partial charge in [0.1, 0.15) is 0 Å². The highest BCUT2D eigenvalue weighted by Crippen LogP contribution is 2.18. The number of ether oxygens (including phenoxy) is 2. The molecule has 4 heteroatoms. The lowest BCUT2D eigenvalue weighted by atomic mass is 10.2. The topological polar surface area (TPSA) is 38.7 Å². The molecule has 0 spiro atoms. The molecule has 0 saturated heterocycles. The molecule has 0 aliphatic heterocycles. The molecule has 1 aromatic heterocycles. The first-order valence-electron chi connectivity index (χ1n) is 5.58. The summed E-state index contributed by atoms with van der Waals surface area (Å²) in [5, 5.41) is 9.72. The van der Waals surface area contributed by atoms with Gasteiger partial charge in [-0.3, -0.25) is 0 Å². The van der Waals surface area contributed by atoms with Crippen molar-refractivity contribution in [2.75, 3.05) is 26.9 Å². The van der Waals surface area contributed by atoms with Crippen molar-refractivity contribution in [3.8, 4) is 0 Å². The van der Waals surface area contributed by atoms with Gasteiger partial charge < -0.3 is 14.6 Å². The van der Waals surface area contributed by atoms with Gasteiger partial charge in [-0.25, -0.2) is 0 Å². The molecule has 16 heavy (non-hydrogen) atoms. The minimum Gasteiger partial charge on any atom is -0.390 e. The average Bonchev–Trinajstić information content (AvgIpc) is 2.72. The second-order valence-corrected chi connectivity index (χ2v) is 4.90. The third-order valence-electron chi connectivity index (χ3n) is 2.24. The van der Waals surface area contributed by atoms with Crippen LogP contribution in [0.5, 0.6) is 0 Å². The van der Waals surface area contributed by atoms with Crippen molar-refractivity contribution < 1.29 is 14.6 Å². The highest BCUT2D eigenvalue weighted by Gasteiger charge is 2.07. The maximum Gasteiger partial charge on any atom is 0.0821 e. The first-order valence-corrected chi connectivity index (χ1v) is 6.40. The molecule has 0 fully saturated rings. The van der Waals surface area contributed by atoms with Gasteiger partial charge in [0.2, 0.25) is 0 Å². The number of aryl methyl sites for hydroxylation is 1. The molecule has 0 aromatic carbocycles. The number of rotatable bonds is 8. The van der Waals surface area contributed by atoms with E-state index >= 15 is 0 Å². The maximum atomic E-state index is 9.72. The van der Waals surface area contributed by atoms with Crippen molar-refractivity contribution >= 4 is 11.3 Å². The van der Waals surface area contributed by atoms with Crippen LogP contribution in [0.3, 0.4) is 0 Å². The second-order valence-electron chi connectivity index (χ2n) is 3.65. The molecule has 0 radical (unpaired) electrons. The number of hydrogen-bond donors (Lipinski definition) is 1. The summed E-state index contributed by atoms with van der Waals surface area (Å²) in [6.07, 6.45) is 1.32. The highest BCUT2D eigenvalue weighted by molar-refractivity contribution is 7.11. The maximum absolute atomic E-state index is 9.72. The summed E-state index contributed by atoms with van der Waals surface area (Å²) in [6, 6.07) is 4.21. The number of aliphatic hydroxyl groups is 1. The largest absolute Gasteiger partial charge is 0.390 e. The van der Waals surface area contributed by atoms with E-state index in [0.717, 1.165) is 6.42 Å². The van der Waals surface area contributed by atoms with Gasteiger partial charge >= 0.3 is 0 Å². The molecule has 3 nitrogen and oxygen atoms in total. The van der Waals surface area contributed by atoms with Gasteiger partial charge in [-0.15, -0.1) is 11.3 Å². The van der Waals surface area contributed by atoms with Crippen LogP contribution in [0.15, 0.2) is 12.1 Å². The van der Waals surface area contributed by atoms with Crippen molar-refractivity contribution in [2.45, 2.75) is 25.9 Å². The Bertz CT molecular complexity index is 286. The van der Waals surface area contributed by atoms with Gasteiger partial charge in [-0.2, -0.15) is 0 Å². The van der Waals surface area contributed by atoms with E-state index in [1.165, 1.54) is 9.75 Å². The molecule has 0 saturated carbocycles. The lowest BCUT2D eigenvalue weighted by Crippen LogP contribution is -2.19. The van der Waals surface area contributed by atoms with Crippen LogP contribution in [0.2, 0.25) is 0 Å². The summed E-state index contributed by atoms with van der Waals surface area (Å²) in [5.41, 5.74) is 0. The Morgan fingerprint density at radius 3 is 2.69 bits per heavy atom. The normalized spacial score (nSPS) is 12.9. The zero-order chi connectivity index (χ0) is 11.8. The molecule has 92 valence electrons. The Balaban J connectivity index is 2.20. The van der Waals surface area contributed by atoms with E-state index < -0.39 is 6.10 Å². The summed E-state index contributed by atoms with van der Waals surface area (Å²) < 4.78 is 10.1. The van der Waals surface area contributed by atoms with Gasteiger partial charge in [0.15, 0.2) is 0 Å². The van der Waals surface area contributed by atoms with Gasteiger partial charge in [-0.05, 0) is 18.6 Å². The molecule has 0 bridgehead atoms. The van der Waals surface area contributed by atoms with Crippen LogP contribution in [0.25, 0.3) is 0 Å². The quantitative estimate of drug-likeness (QED) is 0.710. The van der Waals surface area contributed by atoms with E-state index in [1.807, 2.05) is 0 Å². The lowest BCUT2D eigenvalue weighted by Gasteiger charge is -2.09. The summed E-state index contributed by atoms with van der Waals surface area (Å²) in [6.45, 7) is 3.63. The molecule has 1 atom stereocenters. The smallest absolute Gasteiger partial charge is 0.0821 e. The van der Waals surface area contributed by atoms with E-state index in [0.29, 0.717) is 26.2 Å². The first-order chi connectivity index (χ1) is 7.76. The molecule has 0 aliphatic carbocycles. The summed E-state index contributed by atoms with van der Waals surface area (Å²) in [7, 11) is 1.64. The van der Waals surface area contributed by atoms with Crippen LogP contribution in [0.4, 0.5) is 0 Å². The lowest BCUT2D eigenvalue weighted by molar-refractivity contribution is 0.0140. The standard InChI is InChI=1S/C12H20O3S/c1-3-11-4-5-12(16-11)8-10(13)9-15-7-6-14-2/h4-5,10,13H,3,6-9H2,1-2H3. The van der Waals surface area contributed by atoms with Gasteiger partial charge in [0.05, 0.1) is 25.9 Å². The molecule has 1 rings (SSSR count). The van der Waals surface area contributed by atoms with Crippen molar-refractivity contribution in [1.82, 2.24) is 0 Å². The molecule has 1 aromatic rings. The van der Waals surface area contributed by atoms with Crippen molar-refractivity contribution in [3.63, 3.8) is 0 Å². The van der Waals surface area contributed by atoms with Crippen molar-refractivity contribution in [3.05, 3.63) is 21.9 Å². The Hall–Kier alpha value is -0.420. The number of methoxy groups -OCH3 is 1. The first kappa shape index (κ1) is 13.6. The monoisotopic (exact) mass is 244 g/mol. The minimum atomic E-state index is -0.416. The molecule has 0 aliphatic rings.